The van der Waals surface area contributed by atoms with Crippen LogP contribution < -0.4 is 10.6 Å². The predicted octanol–water partition coefficient (Wildman–Crippen LogP) is 1.02. The Morgan fingerprint density at radius 2 is 2.05 bits per heavy atom. The highest BCUT2D eigenvalue weighted by Gasteiger charge is 2.10. The Hall–Kier alpha value is -2.77. The van der Waals surface area contributed by atoms with Gasteiger partial charge in [-0.15, -0.1) is 0 Å². The SMILES string of the molecule is Cc1c(CNC(=O)NCc2ccc(C(=O)O)o2)cnn1C. The van der Waals surface area contributed by atoms with Gasteiger partial charge in [0.2, 0.25) is 5.76 Å². The van der Waals surface area contributed by atoms with Crippen LogP contribution >= 0.6 is 0 Å². The van der Waals surface area contributed by atoms with Gasteiger partial charge in [0, 0.05) is 24.8 Å². The third-order valence-corrected chi connectivity index (χ3v) is 3.07. The lowest BCUT2D eigenvalue weighted by Crippen LogP contribution is -2.34. The van der Waals surface area contributed by atoms with Crippen LogP contribution in [0, 0.1) is 6.92 Å². The first kappa shape index (κ1) is 14.6. The summed E-state index contributed by atoms with van der Waals surface area (Å²) in [5.74, 6) is -0.920. The highest BCUT2D eigenvalue weighted by atomic mass is 16.4. The fraction of sp³-hybridized carbons (Fsp3) is 0.308. The number of carboxylic acids is 1. The third-order valence-electron chi connectivity index (χ3n) is 3.07. The number of aromatic carboxylic acids is 1. The molecule has 2 rings (SSSR count). The van der Waals surface area contributed by atoms with Crippen molar-refractivity contribution in [3.63, 3.8) is 0 Å². The zero-order valence-electron chi connectivity index (χ0n) is 11.7. The molecule has 112 valence electrons. The van der Waals surface area contributed by atoms with Crippen LogP contribution in [0.3, 0.4) is 0 Å². The Morgan fingerprint density at radius 3 is 2.62 bits per heavy atom. The molecule has 3 N–H and O–H groups in total. The number of hydrogen-bond donors (Lipinski definition) is 3. The number of furan rings is 1. The van der Waals surface area contributed by atoms with E-state index in [4.69, 9.17) is 9.52 Å². The smallest absolute Gasteiger partial charge is 0.371 e. The van der Waals surface area contributed by atoms with Gasteiger partial charge >= 0.3 is 12.0 Å². The summed E-state index contributed by atoms with van der Waals surface area (Å²) >= 11 is 0. The first-order valence-corrected chi connectivity index (χ1v) is 6.28. The molecule has 0 fully saturated rings. The molecule has 0 unspecified atom stereocenters. The van der Waals surface area contributed by atoms with Gasteiger partial charge in [-0.05, 0) is 19.1 Å². The van der Waals surface area contributed by atoms with Gasteiger partial charge in [-0.3, -0.25) is 4.68 Å². The van der Waals surface area contributed by atoms with Gasteiger partial charge in [-0.25, -0.2) is 9.59 Å². The van der Waals surface area contributed by atoms with Gasteiger partial charge in [-0.2, -0.15) is 5.10 Å². The molecule has 2 amide bonds. The summed E-state index contributed by atoms with van der Waals surface area (Å²) in [6, 6.07) is 2.48. The zero-order chi connectivity index (χ0) is 15.4. The normalized spacial score (nSPS) is 10.4. The maximum absolute atomic E-state index is 11.6. The average Bonchev–Trinajstić information content (AvgIpc) is 3.04. The molecule has 0 spiro atoms. The summed E-state index contributed by atoms with van der Waals surface area (Å²) in [5.41, 5.74) is 1.91. The minimum absolute atomic E-state index is 0.116. The summed E-state index contributed by atoms with van der Waals surface area (Å²) in [7, 11) is 1.83. The van der Waals surface area contributed by atoms with Crippen LogP contribution in [0.25, 0.3) is 0 Å². The molecule has 21 heavy (non-hydrogen) atoms. The van der Waals surface area contributed by atoms with Gasteiger partial charge in [0.25, 0.3) is 0 Å². The second-order valence-corrected chi connectivity index (χ2v) is 4.49. The molecule has 0 saturated heterocycles. The molecular formula is C13H16N4O4. The lowest BCUT2D eigenvalue weighted by molar-refractivity contribution is 0.0660. The minimum atomic E-state index is -1.14. The maximum Gasteiger partial charge on any atom is 0.371 e. The number of carboxylic acid groups (broad SMARTS) is 1. The van der Waals surface area contributed by atoms with E-state index >= 15 is 0 Å². The largest absolute Gasteiger partial charge is 0.475 e. The van der Waals surface area contributed by atoms with E-state index < -0.39 is 5.97 Å². The molecule has 0 aliphatic rings. The number of aryl methyl sites for hydroxylation is 1. The monoisotopic (exact) mass is 292 g/mol. The van der Waals surface area contributed by atoms with E-state index in [-0.39, 0.29) is 18.3 Å². The van der Waals surface area contributed by atoms with Crippen molar-refractivity contribution in [1.82, 2.24) is 20.4 Å². The molecule has 8 heteroatoms. The summed E-state index contributed by atoms with van der Waals surface area (Å²) in [6.07, 6.45) is 1.70. The Kier molecular flexibility index (Phi) is 4.27. The summed E-state index contributed by atoms with van der Waals surface area (Å²) in [5, 5.41) is 18.1. The van der Waals surface area contributed by atoms with Crippen molar-refractivity contribution in [2.24, 2.45) is 7.05 Å². The number of urea groups is 1. The fourth-order valence-corrected chi connectivity index (χ4v) is 1.71. The van der Waals surface area contributed by atoms with Crippen molar-refractivity contribution < 1.29 is 19.1 Å². The van der Waals surface area contributed by atoms with Crippen molar-refractivity contribution in [1.29, 1.82) is 0 Å². The Morgan fingerprint density at radius 1 is 1.33 bits per heavy atom. The van der Waals surface area contributed by atoms with Gasteiger partial charge in [0.15, 0.2) is 0 Å². The number of nitrogens with zero attached hydrogens (tertiary/aromatic N) is 2. The number of nitrogens with one attached hydrogen (secondary N) is 2. The summed E-state index contributed by atoms with van der Waals surface area (Å²) in [6.45, 7) is 2.40. The molecule has 2 aromatic heterocycles. The molecule has 0 aliphatic heterocycles. The topological polar surface area (TPSA) is 109 Å². The van der Waals surface area contributed by atoms with Gasteiger partial charge in [0.1, 0.15) is 5.76 Å². The second-order valence-electron chi connectivity index (χ2n) is 4.49. The number of rotatable bonds is 5. The summed E-state index contributed by atoms with van der Waals surface area (Å²) < 4.78 is 6.75. The number of aromatic nitrogens is 2. The van der Waals surface area contributed by atoms with E-state index in [0.717, 1.165) is 11.3 Å². The van der Waals surface area contributed by atoms with Crippen LogP contribution in [0.4, 0.5) is 4.79 Å². The molecule has 0 saturated carbocycles. The Balaban J connectivity index is 1.79. The molecule has 8 nitrogen and oxygen atoms in total. The van der Waals surface area contributed by atoms with Crippen molar-refractivity contribution >= 4 is 12.0 Å². The average molecular weight is 292 g/mol. The second kappa shape index (κ2) is 6.12. The van der Waals surface area contributed by atoms with Crippen LogP contribution in [-0.4, -0.2) is 26.9 Å². The van der Waals surface area contributed by atoms with E-state index in [1.807, 2.05) is 14.0 Å². The van der Waals surface area contributed by atoms with Gasteiger partial charge in [-0.1, -0.05) is 0 Å². The standard InChI is InChI=1S/C13H16N4O4/c1-8-9(6-16-17(8)2)5-14-13(20)15-7-10-3-4-11(21-10)12(18)19/h3-4,6H,5,7H2,1-2H3,(H,18,19)(H2,14,15,20). The van der Waals surface area contributed by atoms with Crippen LogP contribution in [0.2, 0.25) is 0 Å². The number of amides is 2. The third kappa shape index (κ3) is 3.62. The van der Waals surface area contributed by atoms with Crippen molar-refractivity contribution in [3.05, 3.63) is 41.1 Å². The van der Waals surface area contributed by atoms with Gasteiger partial charge < -0.3 is 20.2 Å². The molecule has 2 heterocycles. The van der Waals surface area contributed by atoms with E-state index in [9.17, 15) is 9.59 Å². The lowest BCUT2D eigenvalue weighted by atomic mass is 10.2. The van der Waals surface area contributed by atoms with E-state index in [0.29, 0.717) is 12.3 Å². The first-order valence-electron chi connectivity index (χ1n) is 6.28. The Labute approximate surface area is 120 Å². The quantitative estimate of drug-likeness (QED) is 0.762. The van der Waals surface area contributed by atoms with Crippen molar-refractivity contribution in [3.8, 4) is 0 Å². The number of carbonyl (C=O) groups excluding carboxylic acids is 1. The van der Waals surface area contributed by atoms with Crippen LogP contribution in [-0.2, 0) is 20.1 Å². The van der Waals surface area contributed by atoms with E-state index in [2.05, 4.69) is 15.7 Å². The first-order chi connectivity index (χ1) is 9.97. The molecule has 0 bridgehead atoms. The molecule has 0 radical (unpaired) electrons. The number of carbonyl (C=O) groups is 2. The minimum Gasteiger partial charge on any atom is -0.475 e. The molecule has 0 aliphatic carbocycles. The zero-order valence-corrected chi connectivity index (χ0v) is 11.7. The van der Waals surface area contributed by atoms with Gasteiger partial charge in [0.05, 0.1) is 12.7 Å². The molecular weight excluding hydrogens is 276 g/mol. The Bertz CT molecular complexity index is 659. The summed E-state index contributed by atoms with van der Waals surface area (Å²) in [4.78, 5) is 22.3. The van der Waals surface area contributed by atoms with Crippen LogP contribution in [0.5, 0.6) is 0 Å². The van der Waals surface area contributed by atoms with Crippen LogP contribution in [0.1, 0.15) is 27.6 Å². The van der Waals surface area contributed by atoms with Crippen LogP contribution in [0.15, 0.2) is 22.7 Å². The van der Waals surface area contributed by atoms with Crippen molar-refractivity contribution in [2.45, 2.75) is 20.0 Å². The maximum atomic E-state index is 11.6. The molecule has 2 aromatic rings. The van der Waals surface area contributed by atoms with E-state index in [1.165, 1.54) is 12.1 Å². The predicted molar refractivity (Wildman–Crippen MR) is 72.7 cm³/mol. The van der Waals surface area contributed by atoms with E-state index in [1.54, 1.807) is 10.9 Å². The number of hydrogen-bond acceptors (Lipinski definition) is 4. The fourth-order valence-electron chi connectivity index (χ4n) is 1.71. The van der Waals surface area contributed by atoms with Crippen molar-refractivity contribution in [2.75, 3.05) is 0 Å². The lowest BCUT2D eigenvalue weighted by Gasteiger charge is -2.06. The highest BCUT2D eigenvalue weighted by molar-refractivity contribution is 5.84. The molecule has 0 aromatic carbocycles. The highest BCUT2D eigenvalue weighted by Crippen LogP contribution is 2.07. The molecule has 0 atom stereocenters.